The summed E-state index contributed by atoms with van der Waals surface area (Å²) in [6.45, 7) is 1.66. The normalized spacial score (nSPS) is 11.9. The standard InChI is InChI=1S/C14H13FN2O4/c1-8(14-12(18)3-2-4-13(14)19)16-9-5-6-11(17(20)21)10(15)7-9/h2-8,16,18-19H,1H3. The molecule has 2 aromatic carbocycles. The van der Waals surface area contributed by atoms with Crippen molar-refractivity contribution in [2.45, 2.75) is 13.0 Å². The van der Waals surface area contributed by atoms with Crippen LogP contribution in [0.25, 0.3) is 0 Å². The Labute approximate surface area is 119 Å². The van der Waals surface area contributed by atoms with Crippen molar-refractivity contribution < 1.29 is 19.5 Å². The predicted molar refractivity (Wildman–Crippen MR) is 74.9 cm³/mol. The molecule has 1 atom stereocenters. The molecule has 0 fully saturated rings. The number of benzene rings is 2. The van der Waals surface area contributed by atoms with Gasteiger partial charge in [0.25, 0.3) is 0 Å². The number of hydrogen-bond donors (Lipinski definition) is 3. The summed E-state index contributed by atoms with van der Waals surface area (Å²) in [7, 11) is 0. The minimum absolute atomic E-state index is 0.0996. The summed E-state index contributed by atoms with van der Waals surface area (Å²) >= 11 is 0. The number of hydrogen-bond acceptors (Lipinski definition) is 5. The highest BCUT2D eigenvalue weighted by Crippen LogP contribution is 2.34. The van der Waals surface area contributed by atoms with Crippen LogP contribution in [0.3, 0.4) is 0 Å². The van der Waals surface area contributed by atoms with Crippen LogP contribution >= 0.6 is 0 Å². The Morgan fingerprint density at radius 2 is 1.86 bits per heavy atom. The molecule has 0 aromatic heterocycles. The van der Waals surface area contributed by atoms with Gasteiger partial charge in [-0.3, -0.25) is 10.1 Å². The number of nitro groups is 1. The molecule has 0 amide bonds. The molecule has 0 saturated carbocycles. The van der Waals surface area contributed by atoms with Crippen LogP contribution in [0.5, 0.6) is 11.5 Å². The fourth-order valence-corrected chi connectivity index (χ4v) is 2.05. The molecule has 110 valence electrons. The van der Waals surface area contributed by atoms with E-state index in [1.54, 1.807) is 6.92 Å². The van der Waals surface area contributed by atoms with Gasteiger partial charge in [0.1, 0.15) is 11.5 Å². The number of aromatic hydroxyl groups is 2. The van der Waals surface area contributed by atoms with Crippen molar-refractivity contribution in [3.63, 3.8) is 0 Å². The summed E-state index contributed by atoms with van der Waals surface area (Å²) in [6, 6.07) is 7.21. The molecule has 1 unspecified atom stereocenters. The first-order valence-corrected chi connectivity index (χ1v) is 6.11. The van der Waals surface area contributed by atoms with E-state index in [1.807, 2.05) is 0 Å². The van der Waals surface area contributed by atoms with Gasteiger partial charge in [-0.05, 0) is 25.1 Å². The topological polar surface area (TPSA) is 95.6 Å². The second kappa shape index (κ2) is 5.66. The Kier molecular flexibility index (Phi) is 3.93. The molecule has 0 heterocycles. The van der Waals surface area contributed by atoms with Crippen molar-refractivity contribution in [1.29, 1.82) is 0 Å². The quantitative estimate of drug-likeness (QED) is 0.593. The molecule has 0 saturated heterocycles. The first-order chi connectivity index (χ1) is 9.90. The van der Waals surface area contributed by atoms with Gasteiger partial charge in [0.2, 0.25) is 5.82 Å². The van der Waals surface area contributed by atoms with Crippen LogP contribution in [0.1, 0.15) is 18.5 Å². The summed E-state index contributed by atoms with van der Waals surface area (Å²) in [5.41, 5.74) is -0.0527. The fourth-order valence-electron chi connectivity index (χ4n) is 2.05. The zero-order valence-electron chi connectivity index (χ0n) is 11.1. The number of nitrogens with zero attached hydrogens (tertiary/aromatic N) is 1. The lowest BCUT2D eigenvalue weighted by Gasteiger charge is -2.18. The SMILES string of the molecule is CC(Nc1ccc([N+](=O)[O-])c(F)c1)c1c(O)cccc1O. The summed E-state index contributed by atoms with van der Waals surface area (Å²) in [5, 5.41) is 32.9. The van der Waals surface area contributed by atoms with E-state index in [9.17, 15) is 24.7 Å². The summed E-state index contributed by atoms with van der Waals surface area (Å²) in [6.07, 6.45) is 0. The van der Waals surface area contributed by atoms with Crippen LogP contribution in [-0.4, -0.2) is 15.1 Å². The van der Waals surface area contributed by atoms with Crippen LogP contribution in [0.4, 0.5) is 15.8 Å². The van der Waals surface area contributed by atoms with Crippen LogP contribution in [-0.2, 0) is 0 Å². The van der Waals surface area contributed by atoms with E-state index in [0.29, 0.717) is 5.69 Å². The van der Waals surface area contributed by atoms with Gasteiger partial charge in [-0.1, -0.05) is 6.07 Å². The highest BCUT2D eigenvalue weighted by atomic mass is 19.1. The Balaban J connectivity index is 2.26. The van der Waals surface area contributed by atoms with E-state index in [0.717, 1.165) is 12.1 Å². The third kappa shape index (κ3) is 3.02. The molecule has 0 aliphatic heterocycles. The van der Waals surface area contributed by atoms with Crippen molar-refractivity contribution in [3.8, 4) is 11.5 Å². The van der Waals surface area contributed by atoms with Gasteiger partial charge in [-0.15, -0.1) is 0 Å². The van der Waals surface area contributed by atoms with Crippen LogP contribution < -0.4 is 5.32 Å². The van der Waals surface area contributed by atoms with Crippen molar-refractivity contribution in [2.24, 2.45) is 0 Å². The maximum absolute atomic E-state index is 13.5. The maximum Gasteiger partial charge on any atom is 0.304 e. The van der Waals surface area contributed by atoms with Crippen molar-refractivity contribution in [2.75, 3.05) is 5.32 Å². The van der Waals surface area contributed by atoms with E-state index >= 15 is 0 Å². The van der Waals surface area contributed by atoms with Gasteiger partial charge in [0.15, 0.2) is 0 Å². The zero-order chi connectivity index (χ0) is 15.6. The average Bonchev–Trinajstić information content (AvgIpc) is 2.37. The lowest BCUT2D eigenvalue weighted by molar-refractivity contribution is -0.387. The zero-order valence-corrected chi connectivity index (χ0v) is 11.1. The molecule has 2 aromatic rings. The Morgan fingerprint density at radius 3 is 2.38 bits per heavy atom. The number of rotatable bonds is 4. The van der Waals surface area contributed by atoms with Gasteiger partial charge >= 0.3 is 5.69 Å². The smallest absolute Gasteiger partial charge is 0.304 e. The second-order valence-corrected chi connectivity index (χ2v) is 4.50. The third-order valence-electron chi connectivity index (χ3n) is 3.02. The number of anilines is 1. The molecule has 6 nitrogen and oxygen atoms in total. The molecule has 0 aliphatic carbocycles. The molecular formula is C14H13FN2O4. The van der Waals surface area contributed by atoms with Gasteiger partial charge < -0.3 is 15.5 Å². The Morgan fingerprint density at radius 1 is 1.24 bits per heavy atom. The highest BCUT2D eigenvalue weighted by Gasteiger charge is 2.17. The van der Waals surface area contributed by atoms with Crippen molar-refractivity contribution in [3.05, 3.63) is 57.9 Å². The third-order valence-corrected chi connectivity index (χ3v) is 3.02. The van der Waals surface area contributed by atoms with Crippen molar-refractivity contribution >= 4 is 11.4 Å². The van der Waals surface area contributed by atoms with Crippen LogP contribution in [0.15, 0.2) is 36.4 Å². The number of nitrogens with one attached hydrogen (secondary N) is 1. The molecule has 0 spiro atoms. The molecule has 7 heteroatoms. The molecule has 2 rings (SSSR count). The number of nitro benzene ring substituents is 1. The monoisotopic (exact) mass is 292 g/mol. The fraction of sp³-hybridized carbons (Fsp3) is 0.143. The lowest BCUT2D eigenvalue weighted by atomic mass is 10.1. The Bertz CT molecular complexity index is 670. The van der Waals surface area contributed by atoms with Crippen LogP contribution in [0, 0.1) is 15.9 Å². The van der Waals surface area contributed by atoms with Gasteiger partial charge in [0.05, 0.1) is 16.5 Å². The highest BCUT2D eigenvalue weighted by molar-refractivity contribution is 5.54. The van der Waals surface area contributed by atoms with Crippen LogP contribution in [0.2, 0.25) is 0 Å². The van der Waals surface area contributed by atoms with E-state index in [4.69, 9.17) is 0 Å². The predicted octanol–water partition coefficient (Wildman–Crippen LogP) is 3.32. The Hall–Kier alpha value is -2.83. The molecule has 3 N–H and O–H groups in total. The second-order valence-electron chi connectivity index (χ2n) is 4.50. The molecule has 0 radical (unpaired) electrons. The van der Waals surface area contributed by atoms with Gasteiger partial charge in [-0.25, -0.2) is 0 Å². The minimum atomic E-state index is -0.960. The largest absolute Gasteiger partial charge is 0.507 e. The van der Waals surface area contributed by atoms with E-state index in [2.05, 4.69) is 5.32 Å². The molecule has 0 aliphatic rings. The first kappa shape index (κ1) is 14.6. The molecular weight excluding hydrogens is 279 g/mol. The van der Waals surface area contributed by atoms with E-state index in [1.165, 1.54) is 24.3 Å². The summed E-state index contributed by atoms with van der Waals surface area (Å²) in [5.74, 6) is -1.16. The van der Waals surface area contributed by atoms with E-state index in [-0.39, 0.29) is 17.1 Å². The summed E-state index contributed by atoms with van der Waals surface area (Å²) in [4.78, 5) is 9.74. The maximum atomic E-state index is 13.5. The lowest BCUT2D eigenvalue weighted by Crippen LogP contribution is -2.07. The first-order valence-electron chi connectivity index (χ1n) is 6.11. The van der Waals surface area contributed by atoms with Gasteiger partial charge in [0, 0.05) is 17.8 Å². The van der Waals surface area contributed by atoms with Gasteiger partial charge in [-0.2, -0.15) is 4.39 Å². The molecule has 0 bridgehead atoms. The molecule has 21 heavy (non-hydrogen) atoms. The minimum Gasteiger partial charge on any atom is -0.507 e. The average molecular weight is 292 g/mol. The summed E-state index contributed by atoms with van der Waals surface area (Å²) < 4.78 is 13.5. The number of phenolic OH excluding ortho intramolecular Hbond substituents is 2. The number of halogens is 1. The number of phenols is 2. The van der Waals surface area contributed by atoms with Crippen molar-refractivity contribution in [1.82, 2.24) is 0 Å². The van der Waals surface area contributed by atoms with E-state index < -0.39 is 22.5 Å².